The van der Waals surface area contributed by atoms with Crippen LogP contribution in [0.3, 0.4) is 0 Å². The van der Waals surface area contributed by atoms with Crippen molar-refractivity contribution in [3.63, 3.8) is 0 Å². The lowest BCUT2D eigenvalue weighted by Crippen LogP contribution is -2.05. The molecule has 3 heteroatoms. The number of hydrogen-bond acceptors (Lipinski definition) is 1. The van der Waals surface area contributed by atoms with E-state index in [4.69, 9.17) is 19.0 Å². The zero-order chi connectivity index (χ0) is 8.97. The largest absolute Gasteiger partial charge is 0.384 e. The Hall–Kier alpha value is -1.51. The summed E-state index contributed by atoms with van der Waals surface area (Å²) in [5.41, 5.74) is 6.56. The molecule has 0 bridgehead atoms. The van der Waals surface area contributed by atoms with Crippen molar-refractivity contribution in [2.24, 2.45) is 5.73 Å². The second-order valence-electron chi connectivity index (χ2n) is 2.42. The van der Waals surface area contributed by atoms with Crippen molar-refractivity contribution >= 4 is 19.2 Å². The molecule has 0 heterocycles. The van der Waals surface area contributed by atoms with E-state index in [1.54, 1.807) is 0 Å². The summed E-state index contributed by atoms with van der Waals surface area (Å²) in [4.78, 5) is 0. The quantitative estimate of drug-likeness (QED) is 0.376. The summed E-state index contributed by atoms with van der Waals surface area (Å²) in [7, 11) is 5.64. The van der Waals surface area contributed by atoms with Crippen molar-refractivity contribution in [2.45, 2.75) is 0 Å². The summed E-state index contributed by atoms with van der Waals surface area (Å²) in [6, 6.07) is 9.42. The zero-order valence-corrected chi connectivity index (χ0v) is 6.62. The van der Waals surface area contributed by atoms with Gasteiger partial charge in [0.15, 0.2) is 0 Å². The lowest BCUT2D eigenvalue weighted by molar-refractivity contribution is 1.47. The van der Waals surface area contributed by atoms with Crippen LogP contribution in [0, 0.1) is 5.41 Å². The lowest BCUT2D eigenvalue weighted by Gasteiger charge is -1.99. The highest BCUT2D eigenvalue weighted by Crippen LogP contribution is 2.08. The SMILES string of the molecule is [B]/C(=C\C(=N)N)c1ccccc1. The molecular weight excluding hydrogens is 147 g/mol. The van der Waals surface area contributed by atoms with E-state index in [9.17, 15) is 0 Å². The van der Waals surface area contributed by atoms with Crippen molar-refractivity contribution in [1.82, 2.24) is 0 Å². The van der Waals surface area contributed by atoms with E-state index >= 15 is 0 Å². The number of rotatable bonds is 2. The van der Waals surface area contributed by atoms with Gasteiger partial charge in [-0.3, -0.25) is 5.41 Å². The molecule has 0 amide bonds. The van der Waals surface area contributed by atoms with E-state index in [0.717, 1.165) is 5.56 Å². The fourth-order valence-electron chi connectivity index (χ4n) is 0.881. The van der Waals surface area contributed by atoms with Crippen molar-refractivity contribution in [3.8, 4) is 0 Å². The molecule has 2 nitrogen and oxygen atoms in total. The Morgan fingerprint density at radius 2 is 1.92 bits per heavy atom. The minimum Gasteiger partial charge on any atom is -0.384 e. The van der Waals surface area contributed by atoms with Crippen molar-refractivity contribution in [2.75, 3.05) is 0 Å². The van der Waals surface area contributed by atoms with E-state index < -0.39 is 0 Å². The highest BCUT2D eigenvalue weighted by molar-refractivity contribution is 6.44. The van der Waals surface area contributed by atoms with E-state index in [2.05, 4.69) is 0 Å². The van der Waals surface area contributed by atoms with Crippen molar-refractivity contribution in [1.29, 1.82) is 5.41 Å². The Bertz CT molecular complexity index is 304. The molecular formula is C9H9BN2. The number of nitrogens with two attached hydrogens (primary N) is 1. The average molecular weight is 156 g/mol. The molecule has 0 saturated carbocycles. The van der Waals surface area contributed by atoms with Crippen LogP contribution in [-0.4, -0.2) is 13.7 Å². The molecule has 2 radical (unpaired) electrons. The smallest absolute Gasteiger partial charge is 0.114 e. The molecule has 1 rings (SSSR count). The van der Waals surface area contributed by atoms with Gasteiger partial charge in [0.2, 0.25) is 0 Å². The molecule has 0 aromatic heterocycles. The van der Waals surface area contributed by atoms with Gasteiger partial charge in [0.05, 0.1) is 0 Å². The van der Waals surface area contributed by atoms with Crippen LogP contribution in [0.5, 0.6) is 0 Å². The summed E-state index contributed by atoms with van der Waals surface area (Å²) in [5, 5.41) is 7.00. The van der Waals surface area contributed by atoms with E-state index in [-0.39, 0.29) is 5.84 Å². The molecule has 0 aliphatic carbocycles. The monoisotopic (exact) mass is 156 g/mol. The highest BCUT2D eigenvalue weighted by Gasteiger charge is 1.92. The van der Waals surface area contributed by atoms with Crippen LogP contribution in [0.2, 0.25) is 0 Å². The van der Waals surface area contributed by atoms with Gasteiger partial charge >= 0.3 is 0 Å². The van der Waals surface area contributed by atoms with Crippen LogP contribution in [0.25, 0.3) is 5.47 Å². The van der Waals surface area contributed by atoms with Gasteiger partial charge in [0.25, 0.3) is 0 Å². The van der Waals surface area contributed by atoms with Gasteiger partial charge in [-0.1, -0.05) is 35.8 Å². The molecule has 0 spiro atoms. The number of hydrogen-bond donors (Lipinski definition) is 2. The Balaban J connectivity index is 2.93. The predicted octanol–water partition coefficient (Wildman–Crippen LogP) is 1.13. The fraction of sp³-hybridized carbons (Fsp3) is 0. The molecule has 12 heavy (non-hydrogen) atoms. The van der Waals surface area contributed by atoms with Crippen LogP contribution in [-0.2, 0) is 0 Å². The minimum atomic E-state index is -0.0312. The number of amidine groups is 1. The van der Waals surface area contributed by atoms with Crippen molar-refractivity contribution in [3.05, 3.63) is 42.0 Å². The Kier molecular flexibility index (Phi) is 2.69. The molecule has 3 N–H and O–H groups in total. The zero-order valence-electron chi connectivity index (χ0n) is 6.62. The number of nitrogens with one attached hydrogen (secondary N) is 1. The molecule has 0 unspecified atom stereocenters. The second kappa shape index (κ2) is 3.76. The first-order valence-corrected chi connectivity index (χ1v) is 3.57. The molecule has 58 valence electrons. The Labute approximate surface area is 73.0 Å². The molecule has 0 atom stereocenters. The molecule has 1 aromatic carbocycles. The van der Waals surface area contributed by atoms with E-state index in [1.807, 2.05) is 30.3 Å². The second-order valence-corrected chi connectivity index (χ2v) is 2.42. The molecule has 0 aliphatic heterocycles. The normalized spacial score (nSPS) is 11.2. The van der Waals surface area contributed by atoms with E-state index in [1.165, 1.54) is 6.08 Å². The predicted molar refractivity (Wildman–Crippen MR) is 52.1 cm³/mol. The fourth-order valence-corrected chi connectivity index (χ4v) is 0.881. The topological polar surface area (TPSA) is 49.9 Å². The third-order valence-electron chi connectivity index (χ3n) is 1.42. The molecule has 0 aliphatic rings. The third-order valence-corrected chi connectivity index (χ3v) is 1.42. The first kappa shape index (κ1) is 8.59. The van der Waals surface area contributed by atoms with Gasteiger partial charge in [0, 0.05) is 0 Å². The van der Waals surface area contributed by atoms with Crippen LogP contribution >= 0.6 is 0 Å². The molecule has 0 saturated heterocycles. The summed E-state index contributed by atoms with van der Waals surface area (Å²) in [5.74, 6) is -0.0312. The first-order chi connectivity index (χ1) is 5.70. The van der Waals surface area contributed by atoms with Gasteiger partial charge in [-0.25, -0.2) is 0 Å². The summed E-state index contributed by atoms with van der Waals surface area (Å²) in [6.45, 7) is 0. The van der Waals surface area contributed by atoms with Gasteiger partial charge in [0.1, 0.15) is 13.7 Å². The number of benzene rings is 1. The van der Waals surface area contributed by atoms with Gasteiger partial charge in [-0.05, 0) is 11.6 Å². The Morgan fingerprint density at radius 1 is 1.33 bits per heavy atom. The lowest BCUT2D eigenvalue weighted by atomic mass is 9.88. The van der Waals surface area contributed by atoms with Gasteiger partial charge in [-0.2, -0.15) is 0 Å². The van der Waals surface area contributed by atoms with Crippen LogP contribution in [0.4, 0.5) is 0 Å². The van der Waals surface area contributed by atoms with Crippen LogP contribution < -0.4 is 5.73 Å². The minimum absolute atomic E-state index is 0.0312. The average Bonchev–Trinajstić information content (AvgIpc) is 2.05. The third kappa shape index (κ3) is 2.27. The standard InChI is InChI=1S/C9H9BN2/c10-8(6-9(11)12)7-4-2-1-3-5-7/h1-6H,(H3,11,12)/b8-6-. The molecule has 0 fully saturated rings. The molecule has 1 aromatic rings. The van der Waals surface area contributed by atoms with Crippen LogP contribution in [0.1, 0.15) is 5.56 Å². The maximum absolute atomic E-state index is 7.00. The Morgan fingerprint density at radius 3 is 2.42 bits per heavy atom. The van der Waals surface area contributed by atoms with Gasteiger partial charge in [-0.15, -0.1) is 0 Å². The van der Waals surface area contributed by atoms with Crippen LogP contribution in [0.15, 0.2) is 36.4 Å². The highest BCUT2D eigenvalue weighted by atomic mass is 14.7. The summed E-state index contributed by atoms with van der Waals surface area (Å²) >= 11 is 0. The summed E-state index contributed by atoms with van der Waals surface area (Å²) in [6.07, 6.45) is 1.43. The van der Waals surface area contributed by atoms with Gasteiger partial charge < -0.3 is 5.73 Å². The first-order valence-electron chi connectivity index (χ1n) is 3.57. The van der Waals surface area contributed by atoms with Crippen molar-refractivity contribution < 1.29 is 0 Å². The van der Waals surface area contributed by atoms with E-state index in [0.29, 0.717) is 5.47 Å². The maximum Gasteiger partial charge on any atom is 0.114 e. The summed E-state index contributed by atoms with van der Waals surface area (Å²) < 4.78 is 0. The maximum atomic E-state index is 7.00.